The maximum Gasteiger partial charge on any atom is 0.221 e. The predicted octanol–water partition coefficient (Wildman–Crippen LogP) is -9.95. The highest BCUT2D eigenvalue weighted by Crippen LogP contribution is 2.06. The van der Waals surface area contributed by atoms with Crippen LogP contribution in [0.1, 0.15) is 78.1 Å². The van der Waals surface area contributed by atoms with E-state index in [-0.39, 0.29) is 103 Å². The summed E-state index contributed by atoms with van der Waals surface area (Å²) in [6, 6.07) is -0.712. The van der Waals surface area contributed by atoms with Crippen LogP contribution >= 0.6 is 0 Å². The van der Waals surface area contributed by atoms with Crippen LogP contribution in [0, 0.1) is 0 Å². The maximum atomic E-state index is 12.3. The number of hydrogen-bond acceptors (Lipinski definition) is 26. The van der Waals surface area contributed by atoms with Gasteiger partial charge in [0.1, 0.15) is 62.3 Å². The van der Waals surface area contributed by atoms with Gasteiger partial charge in [-0.15, -0.1) is 0 Å². The number of rotatable bonds is 47. The number of nitrogens with two attached hydrogens (primary N) is 2. The van der Waals surface area contributed by atoms with Crippen molar-refractivity contribution in [2.75, 3.05) is 78.5 Å². The van der Waals surface area contributed by atoms with Gasteiger partial charge >= 0.3 is 0 Å². The van der Waals surface area contributed by atoms with Crippen LogP contribution < -0.4 is 75.3 Å². The zero-order chi connectivity index (χ0) is 49.7. The van der Waals surface area contributed by atoms with Gasteiger partial charge in [-0.1, -0.05) is 26.7 Å². The molecule has 0 aromatic heterocycles. The molecule has 0 bridgehead atoms. The molecule has 0 aromatic rings. The first-order valence-corrected chi connectivity index (χ1v) is 23.3. The van der Waals surface area contributed by atoms with E-state index >= 15 is 0 Å². The van der Waals surface area contributed by atoms with Gasteiger partial charge in [0, 0.05) is 83.4 Å². The van der Waals surface area contributed by atoms with Gasteiger partial charge in [0.15, 0.2) is 6.29 Å². The van der Waals surface area contributed by atoms with Crippen LogP contribution in [-0.2, 0) is 4.79 Å². The van der Waals surface area contributed by atoms with Gasteiger partial charge in [0.25, 0.3) is 0 Å². The van der Waals surface area contributed by atoms with Crippen molar-refractivity contribution in [3.05, 3.63) is 0 Å². The molecular formula is C39H92N14O13. The Bertz CT molecular complexity index is 1130. The lowest BCUT2D eigenvalue weighted by atomic mass is 10.1. The van der Waals surface area contributed by atoms with Gasteiger partial charge in [0.05, 0.1) is 6.54 Å². The molecule has 66 heavy (non-hydrogen) atoms. The van der Waals surface area contributed by atoms with Crippen molar-refractivity contribution >= 4 is 5.91 Å². The maximum absolute atomic E-state index is 12.3. The van der Waals surface area contributed by atoms with Gasteiger partial charge in [-0.2, -0.15) is 0 Å². The molecule has 0 rings (SSSR count). The lowest BCUT2D eigenvalue weighted by molar-refractivity contribution is -0.121. The van der Waals surface area contributed by atoms with Crippen LogP contribution in [0.15, 0.2) is 0 Å². The summed E-state index contributed by atoms with van der Waals surface area (Å²) < 4.78 is 0. The Kier molecular flexibility index (Phi) is 40.3. The second kappa shape index (κ2) is 41.3. The molecule has 0 spiro atoms. The lowest BCUT2D eigenvalue weighted by Crippen LogP contribution is -2.56. The number of aliphatic hydroxyl groups excluding tert-OH is 11. The Hall–Kier alpha value is -1.53. The third-order valence-corrected chi connectivity index (χ3v) is 9.94. The topological polar surface area (TPSA) is 456 Å². The van der Waals surface area contributed by atoms with Crippen molar-refractivity contribution in [3.63, 3.8) is 0 Å². The molecule has 12 unspecified atom stereocenters. The molecule has 27 heteroatoms. The van der Waals surface area contributed by atoms with Gasteiger partial charge in [-0.25, -0.2) is 0 Å². The number of nitrogens with one attached hydrogen (secondary N) is 12. The highest BCUT2D eigenvalue weighted by molar-refractivity contribution is 5.76. The second-order valence-corrected chi connectivity index (χ2v) is 16.5. The average molecular weight is 965 g/mol. The third-order valence-electron chi connectivity index (χ3n) is 9.94. The molecule has 0 heterocycles. The van der Waals surface area contributed by atoms with Crippen molar-refractivity contribution in [2.45, 2.75) is 165 Å². The third kappa shape index (κ3) is 38.3. The number of carbonyl (C=O) groups excluding carboxylic acids is 1. The molecule has 0 aliphatic rings. The number of carbonyl (C=O) groups is 1. The molecule has 0 radical (unpaired) electrons. The van der Waals surface area contributed by atoms with Gasteiger partial charge < -0.3 is 83.4 Å². The molecular weight excluding hydrogens is 873 g/mol. The van der Waals surface area contributed by atoms with Gasteiger partial charge in [0.2, 0.25) is 5.91 Å². The number of unbranched alkanes of at least 4 members (excludes halogenated alkanes) is 2. The second-order valence-electron chi connectivity index (χ2n) is 16.5. The molecule has 396 valence electrons. The first-order valence-electron chi connectivity index (χ1n) is 23.3. The summed E-state index contributed by atoms with van der Waals surface area (Å²) in [4.78, 5) is 12.3. The molecule has 0 saturated carbocycles. The summed E-state index contributed by atoms with van der Waals surface area (Å²) >= 11 is 0. The average Bonchev–Trinajstić information content (AvgIpc) is 3.26. The fourth-order valence-corrected chi connectivity index (χ4v) is 6.31. The molecule has 0 saturated heterocycles. The first-order chi connectivity index (χ1) is 31.4. The summed E-state index contributed by atoms with van der Waals surface area (Å²) in [5.41, 5.74) is 11.2. The Morgan fingerprint density at radius 3 is 1.27 bits per heavy atom. The van der Waals surface area contributed by atoms with Crippen LogP contribution in [0.5, 0.6) is 0 Å². The van der Waals surface area contributed by atoms with E-state index < -0.39 is 80.5 Å². The zero-order valence-corrected chi connectivity index (χ0v) is 39.1. The highest BCUT2D eigenvalue weighted by Gasteiger charge is 2.23. The zero-order valence-electron chi connectivity index (χ0n) is 39.1. The number of hydrogen-bond donors (Lipinski definition) is 26. The lowest BCUT2D eigenvalue weighted by Gasteiger charge is -2.29. The molecule has 27 nitrogen and oxygen atoms in total. The van der Waals surface area contributed by atoms with E-state index in [0.29, 0.717) is 32.4 Å². The molecule has 12 atom stereocenters. The van der Waals surface area contributed by atoms with Crippen molar-refractivity contribution in [1.29, 1.82) is 0 Å². The summed E-state index contributed by atoms with van der Waals surface area (Å²) in [5.74, 6) is -0.396. The smallest absolute Gasteiger partial charge is 0.221 e. The molecule has 28 N–H and O–H groups in total. The summed E-state index contributed by atoms with van der Waals surface area (Å²) in [5, 5.41) is 154. The fraction of sp³-hybridized carbons (Fsp3) is 0.974. The minimum absolute atomic E-state index is 0.000784. The van der Waals surface area contributed by atoms with E-state index in [1.807, 2.05) is 13.8 Å². The normalized spacial score (nSPS) is 17.8. The van der Waals surface area contributed by atoms with E-state index in [2.05, 4.69) is 63.8 Å². The molecule has 1 amide bonds. The van der Waals surface area contributed by atoms with E-state index in [1.54, 1.807) is 0 Å². The van der Waals surface area contributed by atoms with Crippen LogP contribution in [0.25, 0.3) is 0 Å². The SMILES string of the molecule is CC(C)NC(CCCCN)C(O)NCC(O)NCCC(O)NCCC(=O)NCC(O)NCC(O)NC(CCCCN)C(O)NCC(O)NCCC(O)NCCC(O)NCC(O)NCC(O)O. The Balaban J connectivity index is 4.37. The van der Waals surface area contributed by atoms with Crippen LogP contribution in [0.3, 0.4) is 0 Å². The van der Waals surface area contributed by atoms with Crippen LogP contribution in [0.2, 0.25) is 0 Å². The summed E-state index contributed by atoms with van der Waals surface area (Å²) in [6.45, 7) is 5.18. The molecule has 0 aliphatic carbocycles. The molecule has 0 fully saturated rings. The predicted molar refractivity (Wildman–Crippen MR) is 247 cm³/mol. The molecule has 0 aliphatic heterocycles. The number of amides is 1. The Morgan fingerprint density at radius 1 is 0.409 bits per heavy atom. The minimum atomic E-state index is -1.62. The monoisotopic (exact) mass is 965 g/mol. The highest BCUT2D eigenvalue weighted by atomic mass is 16.5. The summed E-state index contributed by atoms with van der Waals surface area (Å²) in [6.07, 6.45) is -7.46. The van der Waals surface area contributed by atoms with Crippen LogP contribution in [0.4, 0.5) is 0 Å². The van der Waals surface area contributed by atoms with Crippen molar-refractivity contribution in [1.82, 2.24) is 63.8 Å². The van der Waals surface area contributed by atoms with Crippen molar-refractivity contribution < 1.29 is 66.1 Å². The van der Waals surface area contributed by atoms with Gasteiger partial charge in [-0.05, 0) is 58.0 Å². The van der Waals surface area contributed by atoms with Crippen molar-refractivity contribution in [3.8, 4) is 0 Å². The fourth-order valence-electron chi connectivity index (χ4n) is 6.31. The van der Waals surface area contributed by atoms with E-state index in [9.17, 15) is 55.9 Å². The number of aliphatic hydroxyl groups is 12. The Morgan fingerprint density at radius 2 is 0.788 bits per heavy atom. The summed E-state index contributed by atoms with van der Waals surface area (Å²) in [7, 11) is 0. The van der Waals surface area contributed by atoms with E-state index in [1.165, 1.54) is 0 Å². The van der Waals surface area contributed by atoms with Crippen LogP contribution in [-0.4, -0.2) is 232 Å². The largest absolute Gasteiger partial charge is 0.379 e. The van der Waals surface area contributed by atoms with E-state index in [4.69, 9.17) is 21.7 Å². The first kappa shape index (κ1) is 64.5. The quantitative estimate of drug-likeness (QED) is 0.0199. The Labute approximate surface area is 390 Å². The van der Waals surface area contributed by atoms with Crippen molar-refractivity contribution in [2.24, 2.45) is 11.5 Å². The van der Waals surface area contributed by atoms with Gasteiger partial charge in [-0.3, -0.25) is 58.0 Å². The standard InChI is InChI=1S/C39H92N14O13/c1-25(2)52-26(7-3-5-13-40)38(65)50-21-32(58)44-17-9-28(54)42-15-11-30(56)46-19-34(60)48-23-36(62)53-27(8-4-6-14-41)39(66)51-22-33(59)45-18-10-29(55)43-16-12-31(57)47-20-35(61)49-24-37(63)64/h25-29,31-39,42-45,47-55,57-66H,3-24,40-41H2,1-2H3,(H,46,56). The minimum Gasteiger partial charge on any atom is -0.379 e. The van der Waals surface area contributed by atoms with E-state index in [0.717, 1.165) is 19.3 Å². The molecule has 0 aromatic carbocycles.